The lowest BCUT2D eigenvalue weighted by Crippen LogP contribution is -2.40. The molecule has 0 radical (unpaired) electrons. The van der Waals surface area contributed by atoms with Crippen molar-refractivity contribution in [3.63, 3.8) is 0 Å². The zero-order valence-corrected chi connectivity index (χ0v) is 15.2. The van der Waals surface area contributed by atoms with E-state index in [4.69, 9.17) is 4.42 Å². The summed E-state index contributed by atoms with van der Waals surface area (Å²) in [6.07, 6.45) is 0. The minimum atomic E-state index is -0.270. The number of nitrogens with zero attached hydrogens (tertiary/aromatic N) is 1. The predicted molar refractivity (Wildman–Crippen MR) is 94.1 cm³/mol. The molecule has 3 heterocycles. The number of ketones is 1. The van der Waals surface area contributed by atoms with Crippen molar-refractivity contribution in [2.45, 2.75) is 26.8 Å². The van der Waals surface area contributed by atoms with Crippen molar-refractivity contribution >= 4 is 28.9 Å². The lowest BCUT2D eigenvalue weighted by molar-refractivity contribution is 0.0780. The Morgan fingerprint density at radius 3 is 2.64 bits per heavy atom. The maximum atomic E-state index is 12.6. The van der Waals surface area contributed by atoms with E-state index in [-0.39, 0.29) is 35.3 Å². The van der Waals surface area contributed by atoms with E-state index >= 15 is 0 Å². The van der Waals surface area contributed by atoms with Gasteiger partial charge in [0.15, 0.2) is 11.5 Å². The second kappa shape index (κ2) is 6.84. The average Bonchev–Trinajstić information content (AvgIpc) is 3.27. The molecule has 3 rings (SSSR count). The molecule has 0 saturated carbocycles. The van der Waals surface area contributed by atoms with E-state index in [9.17, 15) is 14.4 Å². The summed E-state index contributed by atoms with van der Waals surface area (Å²) in [4.78, 5) is 38.6. The van der Waals surface area contributed by atoms with Crippen LogP contribution in [0.1, 0.15) is 50.2 Å². The number of rotatable bonds is 4. The third-order valence-corrected chi connectivity index (χ3v) is 5.40. The lowest BCUT2D eigenvalue weighted by atomic mass is 10.1. The van der Waals surface area contributed by atoms with Gasteiger partial charge in [0.2, 0.25) is 0 Å². The number of carbonyl (C=O) groups excluding carboxylic acids is 3. The fraction of sp³-hybridized carbons (Fsp3) is 0.389. The summed E-state index contributed by atoms with van der Waals surface area (Å²) in [6.45, 7) is 6.27. The molecule has 0 aliphatic carbocycles. The summed E-state index contributed by atoms with van der Waals surface area (Å²) in [5.74, 6) is 0.668. The highest BCUT2D eigenvalue weighted by Gasteiger charge is 2.34. The number of Topliss-reactive ketones (excluding diaryl/α,β-unsaturated/α-hetero) is 1. The van der Waals surface area contributed by atoms with Gasteiger partial charge in [-0.15, -0.1) is 11.3 Å². The molecule has 2 amide bonds. The van der Waals surface area contributed by atoms with E-state index in [1.807, 2.05) is 6.92 Å². The smallest absolute Gasteiger partial charge is 0.287 e. The van der Waals surface area contributed by atoms with Gasteiger partial charge in [0, 0.05) is 18.5 Å². The van der Waals surface area contributed by atoms with E-state index in [1.54, 1.807) is 35.4 Å². The molecule has 2 aromatic heterocycles. The minimum absolute atomic E-state index is 0.0438. The van der Waals surface area contributed by atoms with Crippen LogP contribution in [0, 0.1) is 12.8 Å². The molecule has 2 aromatic rings. The van der Waals surface area contributed by atoms with Gasteiger partial charge in [0.25, 0.3) is 11.8 Å². The summed E-state index contributed by atoms with van der Waals surface area (Å²) >= 11 is 1.28. The van der Waals surface area contributed by atoms with Gasteiger partial charge in [-0.1, -0.05) is 6.92 Å². The Morgan fingerprint density at radius 2 is 2.04 bits per heavy atom. The molecule has 0 bridgehead atoms. The van der Waals surface area contributed by atoms with Crippen molar-refractivity contribution in [2.24, 2.45) is 5.92 Å². The highest BCUT2D eigenvalue weighted by atomic mass is 32.1. The molecular weight excluding hydrogens is 340 g/mol. The van der Waals surface area contributed by atoms with Crippen LogP contribution >= 0.6 is 11.3 Å². The fourth-order valence-electron chi connectivity index (χ4n) is 2.93. The van der Waals surface area contributed by atoms with Crippen molar-refractivity contribution in [3.05, 3.63) is 45.5 Å². The maximum absolute atomic E-state index is 12.6. The molecule has 7 heteroatoms. The van der Waals surface area contributed by atoms with Crippen molar-refractivity contribution in [3.8, 4) is 0 Å². The third kappa shape index (κ3) is 3.66. The highest BCUT2D eigenvalue weighted by Crippen LogP contribution is 2.22. The first-order valence-electron chi connectivity index (χ1n) is 8.11. The Bertz CT molecular complexity index is 823. The van der Waals surface area contributed by atoms with E-state index in [0.717, 1.165) is 0 Å². The SMILES string of the molecule is CC(=O)c1cc(C(=O)N2C[C@@H](C)[C@@H](NC(=O)c3ccc(C)o3)C2)cs1. The highest BCUT2D eigenvalue weighted by molar-refractivity contribution is 7.12. The second-order valence-electron chi connectivity index (χ2n) is 6.43. The van der Waals surface area contributed by atoms with Crippen LogP contribution in [0.2, 0.25) is 0 Å². The Hall–Kier alpha value is -2.41. The van der Waals surface area contributed by atoms with E-state index in [1.165, 1.54) is 18.3 Å². The molecule has 25 heavy (non-hydrogen) atoms. The molecule has 1 aliphatic rings. The quantitative estimate of drug-likeness (QED) is 0.850. The van der Waals surface area contributed by atoms with Crippen LogP contribution in [0.4, 0.5) is 0 Å². The topological polar surface area (TPSA) is 79.6 Å². The molecule has 0 aromatic carbocycles. The molecule has 0 spiro atoms. The summed E-state index contributed by atoms with van der Waals surface area (Å²) in [7, 11) is 0. The molecule has 1 saturated heterocycles. The number of amides is 2. The molecule has 0 unspecified atom stereocenters. The van der Waals surface area contributed by atoms with Crippen LogP contribution in [-0.2, 0) is 0 Å². The van der Waals surface area contributed by atoms with E-state index in [0.29, 0.717) is 29.3 Å². The number of carbonyl (C=O) groups is 3. The second-order valence-corrected chi connectivity index (χ2v) is 7.34. The Morgan fingerprint density at radius 1 is 1.28 bits per heavy atom. The summed E-state index contributed by atoms with van der Waals surface area (Å²) in [5.41, 5.74) is 0.524. The first-order valence-corrected chi connectivity index (χ1v) is 8.99. The number of hydrogen-bond acceptors (Lipinski definition) is 5. The Balaban J connectivity index is 1.65. The van der Waals surface area contributed by atoms with Gasteiger partial charge in [-0.2, -0.15) is 0 Å². The van der Waals surface area contributed by atoms with Crippen LogP contribution in [0.15, 0.2) is 28.0 Å². The van der Waals surface area contributed by atoms with Crippen molar-refractivity contribution in [1.29, 1.82) is 0 Å². The van der Waals surface area contributed by atoms with E-state index in [2.05, 4.69) is 5.32 Å². The van der Waals surface area contributed by atoms with Gasteiger partial charge in [0.1, 0.15) is 5.76 Å². The van der Waals surface area contributed by atoms with Gasteiger partial charge in [-0.3, -0.25) is 14.4 Å². The van der Waals surface area contributed by atoms with Crippen molar-refractivity contribution in [1.82, 2.24) is 10.2 Å². The van der Waals surface area contributed by atoms with Crippen LogP contribution in [0.5, 0.6) is 0 Å². The number of furan rings is 1. The number of likely N-dealkylation sites (tertiary alicyclic amines) is 1. The largest absolute Gasteiger partial charge is 0.456 e. The van der Waals surface area contributed by atoms with Crippen LogP contribution in [0.25, 0.3) is 0 Å². The van der Waals surface area contributed by atoms with Gasteiger partial charge in [-0.05, 0) is 38.0 Å². The maximum Gasteiger partial charge on any atom is 0.287 e. The molecule has 2 atom stereocenters. The first-order chi connectivity index (χ1) is 11.8. The normalized spacial score (nSPS) is 19.9. The zero-order valence-electron chi connectivity index (χ0n) is 14.4. The van der Waals surface area contributed by atoms with Gasteiger partial charge < -0.3 is 14.6 Å². The summed E-state index contributed by atoms with van der Waals surface area (Å²) in [5, 5.41) is 4.65. The Kier molecular flexibility index (Phi) is 4.76. The van der Waals surface area contributed by atoms with Gasteiger partial charge >= 0.3 is 0 Å². The molecule has 1 aliphatic heterocycles. The van der Waals surface area contributed by atoms with E-state index < -0.39 is 0 Å². The summed E-state index contributed by atoms with van der Waals surface area (Å²) in [6, 6.07) is 4.89. The molecule has 6 nitrogen and oxygen atoms in total. The monoisotopic (exact) mass is 360 g/mol. The predicted octanol–water partition coefficient (Wildman–Crippen LogP) is 2.74. The average molecular weight is 360 g/mol. The molecule has 1 fully saturated rings. The Labute approximate surface area is 149 Å². The van der Waals surface area contributed by atoms with Crippen molar-refractivity contribution in [2.75, 3.05) is 13.1 Å². The number of aryl methyl sites for hydroxylation is 1. The molecule has 1 N–H and O–H groups in total. The standard InChI is InChI=1S/C18H20N2O4S/c1-10-7-20(18(23)13-6-16(12(3)21)25-9-13)8-14(10)19-17(22)15-5-4-11(2)24-15/h4-6,9-10,14H,7-8H2,1-3H3,(H,19,22)/t10-,14+/m1/s1. The van der Waals surface area contributed by atoms with Crippen LogP contribution in [-0.4, -0.2) is 41.6 Å². The third-order valence-electron chi connectivity index (χ3n) is 4.37. The van der Waals surface area contributed by atoms with Crippen LogP contribution < -0.4 is 5.32 Å². The minimum Gasteiger partial charge on any atom is -0.456 e. The number of hydrogen-bond donors (Lipinski definition) is 1. The van der Waals surface area contributed by atoms with Gasteiger partial charge in [-0.25, -0.2) is 0 Å². The number of thiophene rings is 1. The van der Waals surface area contributed by atoms with Gasteiger partial charge in [0.05, 0.1) is 16.5 Å². The van der Waals surface area contributed by atoms with Crippen LogP contribution in [0.3, 0.4) is 0 Å². The zero-order chi connectivity index (χ0) is 18.1. The first kappa shape index (κ1) is 17.4. The molecule has 132 valence electrons. The summed E-state index contributed by atoms with van der Waals surface area (Å²) < 4.78 is 5.34. The number of nitrogens with one attached hydrogen (secondary N) is 1. The lowest BCUT2D eigenvalue weighted by Gasteiger charge is -2.16. The molecular formula is C18H20N2O4S. The fourth-order valence-corrected chi connectivity index (χ4v) is 3.72. The van der Waals surface area contributed by atoms with Crippen molar-refractivity contribution < 1.29 is 18.8 Å².